The van der Waals surface area contributed by atoms with Crippen molar-refractivity contribution in [3.63, 3.8) is 0 Å². The molecule has 0 spiro atoms. The Balaban J connectivity index is 3.25. The predicted octanol–water partition coefficient (Wildman–Crippen LogP) is 2.38. The van der Waals surface area contributed by atoms with Crippen molar-refractivity contribution < 1.29 is 19.2 Å². The fourth-order valence-corrected chi connectivity index (χ4v) is 1.98. The van der Waals surface area contributed by atoms with Crippen LogP contribution in [0.2, 0.25) is 0 Å². The van der Waals surface area contributed by atoms with Crippen LogP contribution in [0.15, 0.2) is 18.2 Å². The molecule has 0 fully saturated rings. The molecule has 0 radical (unpaired) electrons. The molecule has 0 aliphatic heterocycles. The molecule has 7 heteroatoms. The van der Waals surface area contributed by atoms with Gasteiger partial charge in [-0.1, -0.05) is 6.07 Å². The quantitative estimate of drug-likeness (QED) is 0.436. The maximum Gasteiger partial charge on any atom is 0.333 e. The van der Waals surface area contributed by atoms with Crippen LogP contribution in [-0.2, 0) is 9.53 Å². The molecule has 0 aromatic heterocycles. The number of hydrogen-bond donors (Lipinski definition) is 0. The van der Waals surface area contributed by atoms with E-state index < -0.39 is 10.9 Å². The zero-order valence-corrected chi connectivity index (χ0v) is 12.7. The number of benzene rings is 1. The smallest absolute Gasteiger partial charge is 0.333 e. The van der Waals surface area contributed by atoms with Crippen LogP contribution >= 0.6 is 0 Å². The molecule has 0 saturated heterocycles. The summed E-state index contributed by atoms with van der Waals surface area (Å²) in [7, 11) is 1.37. The van der Waals surface area contributed by atoms with Gasteiger partial charge in [0, 0.05) is 6.04 Å². The Labute approximate surface area is 123 Å². The molecule has 21 heavy (non-hydrogen) atoms. The standard InChI is InChI=1S/C14H20N2O5/c1-5-21-13(17)9-15(10(2)3)11-7-6-8-12(20-4)14(11)16(18)19/h6-8,10H,5,9H2,1-4H3. The van der Waals surface area contributed by atoms with Crippen LogP contribution in [0.25, 0.3) is 0 Å². The molecule has 0 N–H and O–H groups in total. The van der Waals surface area contributed by atoms with Gasteiger partial charge >= 0.3 is 11.7 Å². The van der Waals surface area contributed by atoms with Crippen LogP contribution in [0.1, 0.15) is 20.8 Å². The maximum absolute atomic E-state index is 11.7. The zero-order valence-electron chi connectivity index (χ0n) is 12.7. The molecular weight excluding hydrogens is 276 g/mol. The molecule has 0 bridgehead atoms. The van der Waals surface area contributed by atoms with Crippen molar-refractivity contribution >= 4 is 17.3 Å². The first-order valence-electron chi connectivity index (χ1n) is 6.66. The highest BCUT2D eigenvalue weighted by atomic mass is 16.6. The summed E-state index contributed by atoms with van der Waals surface area (Å²) in [4.78, 5) is 24.1. The lowest BCUT2D eigenvalue weighted by atomic mass is 10.2. The average molecular weight is 296 g/mol. The van der Waals surface area contributed by atoms with E-state index in [1.807, 2.05) is 13.8 Å². The Morgan fingerprint density at radius 1 is 1.43 bits per heavy atom. The number of hydrogen-bond acceptors (Lipinski definition) is 6. The average Bonchev–Trinajstić information content (AvgIpc) is 2.43. The van der Waals surface area contributed by atoms with Crippen molar-refractivity contribution in [3.05, 3.63) is 28.3 Å². The third-order valence-corrected chi connectivity index (χ3v) is 2.92. The van der Waals surface area contributed by atoms with E-state index in [1.165, 1.54) is 13.2 Å². The number of para-hydroxylation sites is 1. The summed E-state index contributed by atoms with van der Waals surface area (Å²) in [5.74, 6) is -0.268. The lowest BCUT2D eigenvalue weighted by Gasteiger charge is -2.27. The lowest BCUT2D eigenvalue weighted by Crippen LogP contribution is -2.37. The molecule has 0 amide bonds. The zero-order chi connectivity index (χ0) is 16.0. The first-order valence-corrected chi connectivity index (χ1v) is 6.66. The molecule has 0 unspecified atom stereocenters. The van der Waals surface area contributed by atoms with Gasteiger partial charge in [0.05, 0.1) is 18.6 Å². The molecule has 0 heterocycles. The molecule has 0 aliphatic carbocycles. The van der Waals surface area contributed by atoms with Gasteiger partial charge in [0.15, 0.2) is 5.75 Å². The normalized spacial score (nSPS) is 10.3. The minimum absolute atomic E-state index is 0.0560. The highest BCUT2D eigenvalue weighted by Crippen LogP contribution is 2.37. The molecule has 1 aromatic carbocycles. The summed E-state index contributed by atoms with van der Waals surface area (Å²) in [6, 6.07) is 4.66. The Morgan fingerprint density at radius 3 is 2.57 bits per heavy atom. The fourth-order valence-electron chi connectivity index (χ4n) is 1.98. The number of methoxy groups -OCH3 is 1. The number of rotatable bonds is 7. The summed E-state index contributed by atoms with van der Waals surface area (Å²) in [6.07, 6.45) is 0. The minimum Gasteiger partial charge on any atom is -0.490 e. The highest BCUT2D eigenvalue weighted by molar-refractivity contribution is 5.79. The first kappa shape index (κ1) is 16.7. The van der Waals surface area contributed by atoms with E-state index in [0.717, 1.165) is 0 Å². The van der Waals surface area contributed by atoms with Gasteiger partial charge in [0.25, 0.3) is 0 Å². The van der Waals surface area contributed by atoms with Crippen LogP contribution in [0.4, 0.5) is 11.4 Å². The van der Waals surface area contributed by atoms with E-state index in [9.17, 15) is 14.9 Å². The number of esters is 1. The summed E-state index contributed by atoms with van der Waals surface area (Å²) in [5.41, 5.74) is 0.181. The van der Waals surface area contributed by atoms with Crippen molar-refractivity contribution in [2.45, 2.75) is 26.8 Å². The minimum atomic E-state index is -0.505. The summed E-state index contributed by atoms with van der Waals surface area (Å²) in [5, 5.41) is 11.3. The number of carbonyl (C=O) groups is 1. The second-order valence-corrected chi connectivity index (χ2v) is 4.61. The van der Waals surface area contributed by atoms with E-state index in [2.05, 4.69) is 0 Å². The molecule has 7 nitrogen and oxygen atoms in total. The molecule has 1 aromatic rings. The highest BCUT2D eigenvalue weighted by Gasteiger charge is 2.27. The molecule has 116 valence electrons. The van der Waals surface area contributed by atoms with Crippen LogP contribution < -0.4 is 9.64 Å². The van der Waals surface area contributed by atoms with Gasteiger partial charge < -0.3 is 14.4 Å². The SMILES string of the molecule is CCOC(=O)CN(c1cccc(OC)c1[N+](=O)[O-])C(C)C. The lowest BCUT2D eigenvalue weighted by molar-refractivity contribution is -0.385. The number of nitro groups is 1. The predicted molar refractivity (Wildman–Crippen MR) is 78.8 cm³/mol. The molecule has 0 atom stereocenters. The largest absolute Gasteiger partial charge is 0.490 e. The van der Waals surface area contributed by atoms with Crippen molar-refractivity contribution in [1.82, 2.24) is 0 Å². The number of nitrogens with zero attached hydrogens (tertiary/aromatic N) is 2. The van der Waals surface area contributed by atoms with Crippen LogP contribution in [0.3, 0.4) is 0 Å². The maximum atomic E-state index is 11.7. The monoisotopic (exact) mass is 296 g/mol. The van der Waals surface area contributed by atoms with Gasteiger partial charge in [-0.25, -0.2) is 0 Å². The van der Waals surface area contributed by atoms with Crippen molar-refractivity contribution in [3.8, 4) is 5.75 Å². The molecule has 1 rings (SSSR count). The van der Waals surface area contributed by atoms with Crippen molar-refractivity contribution in [2.24, 2.45) is 0 Å². The van der Waals surface area contributed by atoms with Crippen LogP contribution in [0.5, 0.6) is 5.75 Å². The second-order valence-electron chi connectivity index (χ2n) is 4.61. The molecular formula is C14H20N2O5. The van der Waals surface area contributed by atoms with Gasteiger partial charge in [-0.2, -0.15) is 0 Å². The van der Waals surface area contributed by atoms with Gasteiger partial charge in [-0.3, -0.25) is 14.9 Å². The second kappa shape index (κ2) is 7.47. The van der Waals surface area contributed by atoms with E-state index in [4.69, 9.17) is 9.47 Å². The van der Waals surface area contributed by atoms with Gasteiger partial charge in [-0.15, -0.1) is 0 Å². The fraction of sp³-hybridized carbons (Fsp3) is 0.500. The van der Waals surface area contributed by atoms with Crippen molar-refractivity contribution in [1.29, 1.82) is 0 Å². The Bertz CT molecular complexity index is 516. The Kier molecular flexibility index (Phi) is 5.95. The molecule has 0 saturated carbocycles. The van der Waals surface area contributed by atoms with E-state index in [-0.39, 0.29) is 30.6 Å². The molecule has 0 aliphatic rings. The topological polar surface area (TPSA) is 81.9 Å². The third-order valence-electron chi connectivity index (χ3n) is 2.92. The third kappa shape index (κ3) is 4.08. The Hall–Kier alpha value is -2.31. The summed E-state index contributed by atoms with van der Waals surface area (Å²) in [6.45, 7) is 5.63. The Morgan fingerprint density at radius 2 is 2.10 bits per heavy atom. The van der Waals surface area contributed by atoms with E-state index in [0.29, 0.717) is 5.69 Å². The van der Waals surface area contributed by atoms with E-state index in [1.54, 1.807) is 24.0 Å². The number of nitro benzene ring substituents is 1. The summed E-state index contributed by atoms with van der Waals surface area (Å²) >= 11 is 0. The van der Waals surface area contributed by atoms with Crippen molar-refractivity contribution in [2.75, 3.05) is 25.2 Å². The van der Waals surface area contributed by atoms with Crippen LogP contribution in [0, 0.1) is 10.1 Å². The van der Waals surface area contributed by atoms with Gasteiger partial charge in [0.2, 0.25) is 0 Å². The number of anilines is 1. The van der Waals surface area contributed by atoms with Gasteiger partial charge in [0.1, 0.15) is 12.2 Å². The van der Waals surface area contributed by atoms with Gasteiger partial charge in [-0.05, 0) is 32.9 Å². The number of ether oxygens (including phenoxy) is 2. The first-order chi connectivity index (χ1) is 9.92. The van der Waals surface area contributed by atoms with Crippen LogP contribution in [-0.4, -0.2) is 37.2 Å². The number of carbonyl (C=O) groups excluding carboxylic acids is 1. The van der Waals surface area contributed by atoms with E-state index >= 15 is 0 Å². The summed E-state index contributed by atoms with van der Waals surface area (Å²) < 4.78 is 9.96.